The van der Waals surface area contributed by atoms with Gasteiger partial charge >= 0.3 is 0 Å². The van der Waals surface area contributed by atoms with Crippen LogP contribution in [0.2, 0.25) is 0 Å². The van der Waals surface area contributed by atoms with Crippen molar-refractivity contribution < 1.29 is 0 Å². The molecule has 0 bridgehead atoms. The highest BCUT2D eigenvalue weighted by Crippen LogP contribution is 2.44. The average molecular weight is 741 g/mol. The lowest BCUT2D eigenvalue weighted by Crippen LogP contribution is -1.84. The number of unbranched alkanes of at least 4 members (excludes halogenated alkanes) is 10. The summed E-state index contributed by atoms with van der Waals surface area (Å²) in [4.78, 5) is 4.98. The monoisotopic (exact) mass is 740 g/mol. The van der Waals surface area contributed by atoms with Crippen LogP contribution in [0.4, 0.5) is 0 Å². The number of rotatable bonds is 18. The van der Waals surface area contributed by atoms with E-state index in [1.165, 1.54) is 142 Å². The smallest absolute Gasteiger partial charge is 0.114 e. The molecular formula is C40H44N4S5. The summed E-state index contributed by atoms with van der Waals surface area (Å²) in [6, 6.07) is 18.2. The first kappa shape index (κ1) is 34.6. The summed E-state index contributed by atoms with van der Waals surface area (Å²) in [7, 11) is 0. The topological polar surface area (TPSA) is 51.6 Å². The Balaban J connectivity index is 1.07. The summed E-state index contributed by atoms with van der Waals surface area (Å²) in [6.45, 7) is 4.56. The molecule has 5 heterocycles. The Morgan fingerprint density at radius 1 is 0.429 bits per heavy atom. The van der Waals surface area contributed by atoms with E-state index in [4.69, 9.17) is 17.5 Å². The van der Waals surface area contributed by atoms with Gasteiger partial charge < -0.3 is 0 Å². The summed E-state index contributed by atoms with van der Waals surface area (Å²) in [5.74, 6) is 0. The molecule has 0 radical (unpaired) electrons. The van der Waals surface area contributed by atoms with Crippen molar-refractivity contribution >= 4 is 79.5 Å². The van der Waals surface area contributed by atoms with Gasteiger partial charge in [-0.15, -0.1) is 34.0 Å². The van der Waals surface area contributed by atoms with Gasteiger partial charge in [-0.05, 0) is 71.8 Å². The molecule has 49 heavy (non-hydrogen) atoms. The van der Waals surface area contributed by atoms with Crippen LogP contribution in [0.1, 0.15) is 102 Å². The predicted octanol–water partition coefficient (Wildman–Crippen LogP) is 14.4. The quantitative estimate of drug-likeness (QED) is 0.0822. The van der Waals surface area contributed by atoms with Crippen molar-refractivity contribution in [1.29, 1.82) is 0 Å². The maximum absolute atomic E-state index is 4.80. The molecular weight excluding hydrogens is 697 g/mol. The van der Waals surface area contributed by atoms with Gasteiger partial charge in [0.25, 0.3) is 0 Å². The van der Waals surface area contributed by atoms with E-state index in [0.717, 1.165) is 46.0 Å². The molecule has 2 aromatic carbocycles. The van der Waals surface area contributed by atoms with E-state index < -0.39 is 0 Å². The minimum atomic E-state index is 0.993. The molecule has 0 N–H and O–H groups in total. The van der Waals surface area contributed by atoms with Crippen molar-refractivity contribution in [3.63, 3.8) is 0 Å². The molecule has 0 aliphatic heterocycles. The highest BCUT2D eigenvalue weighted by Gasteiger charge is 2.19. The molecule has 0 amide bonds. The van der Waals surface area contributed by atoms with Crippen molar-refractivity contribution in [2.45, 2.75) is 104 Å². The van der Waals surface area contributed by atoms with Crippen molar-refractivity contribution in [3.05, 3.63) is 70.4 Å². The Hall–Kier alpha value is -2.82. The molecule has 0 aliphatic rings. The number of fused-ring (bicyclic) bond motifs is 2. The number of nitrogens with zero attached hydrogens (tertiary/aromatic N) is 4. The molecule has 9 heteroatoms. The SMILES string of the molecule is CCCCCCCCc1csc(-c2ccc(-c3ccc(-c4ccc(-c5cc(CCCCCCCC)cs5)c5nsnc45)s3)c3nsnc23)c1. The van der Waals surface area contributed by atoms with E-state index in [1.807, 2.05) is 22.7 Å². The van der Waals surface area contributed by atoms with Crippen molar-refractivity contribution in [2.24, 2.45) is 0 Å². The van der Waals surface area contributed by atoms with Crippen LogP contribution in [0.15, 0.2) is 59.3 Å². The van der Waals surface area contributed by atoms with Gasteiger partial charge in [0.05, 0.1) is 23.5 Å². The fraction of sp³-hybridized carbons (Fsp3) is 0.400. The normalized spacial score (nSPS) is 11.8. The summed E-state index contributed by atoms with van der Waals surface area (Å²) < 4.78 is 19.2. The van der Waals surface area contributed by atoms with Crippen LogP contribution in [0, 0.1) is 0 Å². The van der Waals surface area contributed by atoms with Crippen molar-refractivity contribution in [1.82, 2.24) is 17.5 Å². The minimum Gasteiger partial charge on any atom is -0.172 e. The van der Waals surface area contributed by atoms with Gasteiger partial charge in [-0.3, -0.25) is 0 Å². The second-order valence-electron chi connectivity index (χ2n) is 13.1. The van der Waals surface area contributed by atoms with Crippen molar-refractivity contribution in [3.8, 4) is 41.8 Å². The van der Waals surface area contributed by atoms with Crippen LogP contribution >= 0.6 is 57.5 Å². The zero-order valence-electron chi connectivity index (χ0n) is 28.5. The molecule has 0 saturated carbocycles. The van der Waals surface area contributed by atoms with Gasteiger partial charge in [0, 0.05) is 41.8 Å². The van der Waals surface area contributed by atoms with Gasteiger partial charge in [0.2, 0.25) is 0 Å². The Labute approximate surface area is 311 Å². The van der Waals surface area contributed by atoms with E-state index >= 15 is 0 Å². The molecule has 4 nitrogen and oxygen atoms in total. The maximum atomic E-state index is 4.80. The summed E-state index contributed by atoms with van der Waals surface area (Å²) >= 11 is 8.08. The third-order valence-corrected chi connectivity index (χ3v) is 13.7. The van der Waals surface area contributed by atoms with E-state index in [-0.39, 0.29) is 0 Å². The molecule has 0 fully saturated rings. The van der Waals surface area contributed by atoms with Crippen LogP contribution < -0.4 is 0 Å². The second-order valence-corrected chi connectivity index (χ2v) is 17.0. The Bertz CT molecular complexity index is 1950. The van der Waals surface area contributed by atoms with Gasteiger partial charge in [0.15, 0.2) is 0 Å². The first-order valence-electron chi connectivity index (χ1n) is 18.0. The van der Waals surface area contributed by atoms with Crippen LogP contribution in [-0.2, 0) is 12.8 Å². The Morgan fingerprint density at radius 3 is 1.20 bits per heavy atom. The third kappa shape index (κ3) is 8.07. The second kappa shape index (κ2) is 16.9. The van der Waals surface area contributed by atoms with Crippen molar-refractivity contribution in [2.75, 3.05) is 0 Å². The third-order valence-electron chi connectivity index (χ3n) is 9.44. The average Bonchev–Trinajstić information content (AvgIpc) is 3.97. The van der Waals surface area contributed by atoms with Crippen LogP contribution in [0.25, 0.3) is 63.8 Å². The van der Waals surface area contributed by atoms with Gasteiger partial charge in [-0.2, -0.15) is 17.5 Å². The maximum Gasteiger partial charge on any atom is 0.114 e. The van der Waals surface area contributed by atoms with Crippen LogP contribution in [0.5, 0.6) is 0 Å². The lowest BCUT2D eigenvalue weighted by Gasteiger charge is -2.05. The lowest BCUT2D eigenvalue weighted by molar-refractivity contribution is 0.608. The zero-order chi connectivity index (χ0) is 33.4. The number of hydrogen-bond acceptors (Lipinski definition) is 9. The van der Waals surface area contributed by atoms with Gasteiger partial charge in [-0.25, -0.2) is 0 Å². The number of hydrogen-bond donors (Lipinski definition) is 0. The summed E-state index contributed by atoms with van der Waals surface area (Å²) in [5, 5.41) is 4.67. The Morgan fingerprint density at radius 2 is 0.796 bits per heavy atom. The van der Waals surface area contributed by atoms with Gasteiger partial charge in [-0.1, -0.05) is 102 Å². The van der Waals surface area contributed by atoms with E-state index in [9.17, 15) is 0 Å². The summed E-state index contributed by atoms with van der Waals surface area (Å²) in [6.07, 6.45) is 18.3. The number of aryl methyl sites for hydroxylation is 2. The number of thiophene rings is 3. The van der Waals surface area contributed by atoms with E-state index in [1.54, 1.807) is 11.3 Å². The summed E-state index contributed by atoms with van der Waals surface area (Å²) in [5.41, 5.74) is 11.6. The molecule has 7 aromatic rings. The molecule has 0 unspecified atom stereocenters. The standard InChI is InChI=1S/C40H44N4S5/c1-3-5-7-9-11-13-15-27-23-35(45-25-27)31-19-17-29(37-39(31)43-48-41-37)33-21-22-34(47-33)30-18-20-32(40-38(30)42-49-44-40)36-24-28(26-46-36)16-14-12-10-8-6-4-2/h17-26H,3-16H2,1-2H3. The predicted molar refractivity (Wildman–Crippen MR) is 218 cm³/mol. The zero-order valence-corrected chi connectivity index (χ0v) is 32.6. The first-order valence-corrected chi connectivity index (χ1v) is 22.0. The highest BCUT2D eigenvalue weighted by atomic mass is 32.1. The molecule has 0 saturated heterocycles. The largest absolute Gasteiger partial charge is 0.172 e. The highest BCUT2D eigenvalue weighted by molar-refractivity contribution is 7.19. The Kier molecular flexibility index (Phi) is 12.0. The molecule has 254 valence electrons. The van der Waals surface area contributed by atoms with E-state index in [0.29, 0.717) is 0 Å². The molecule has 0 aliphatic carbocycles. The first-order chi connectivity index (χ1) is 24.2. The van der Waals surface area contributed by atoms with Gasteiger partial charge in [0.1, 0.15) is 22.1 Å². The minimum absolute atomic E-state index is 0.993. The molecule has 5 aromatic heterocycles. The lowest BCUT2D eigenvalue weighted by atomic mass is 10.0. The molecule has 0 spiro atoms. The number of aromatic nitrogens is 4. The van der Waals surface area contributed by atoms with Crippen LogP contribution in [0.3, 0.4) is 0 Å². The molecule has 0 atom stereocenters. The fourth-order valence-corrected chi connectivity index (χ4v) is 10.8. The fourth-order valence-electron chi connectivity index (χ4n) is 6.67. The van der Waals surface area contributed by atoms with Crippen LogP contribution in [-0.4, -0.2) is 17.5 Å². The number of benzene rings is 2. The molecule has 7 rings (SSSR count). The van der Waals surface area contributed by atoms with E-state index in [2.05, 4.69) is 73.1 Å².